The van der Waals surface area contributed by atoms with Crippen molar-refractivity contribution >= 4 is 73.6 Å². The molecule has 0 fully saturated rings. The van der Waals surface area contributed by atoms with E-state index in [1.54, 1.807) is 54.9 Å². The molecule has 0 radical (unpaired) electrons. The molecular formula is C34H46BaSi2. The van der Waals surface area contributed by atoms with E-state index in [2.05, 4.69) is 119 Å². The van der Waals surface area contributed by atoms with Gasteiger partial charge in [-0.2, -0.15) is 0 Å². The third kappa shape index (κ3) is 4.94. The first kappa shape index (κ1) is 29.4. The third-order valence-corrected chi connectivity index (χ3v) is 30.2. The van der Waals surface area contributed by atoms with Gasteiger partial charge in [-0.3, -0.25) is 0 Å². The minimum atomic E-state index is -1.63. The molecule has 0 bridgehead atoms. The Labute approximate surface area is 256 Å². The van der Waals surface area contributed by atoms with Crippen LogP contribution in [0.25, 0.3) is 0 Å². The van der Waals surface area contributed by atoms with Gasteiger partial charge in [-0.05, 0) is 0 Å². The first-order valence-corrected chi connectivity index (χ1v) is 21.4. The number of aryl methyl sites for hydroxylation is 2. The van der Waals surface area contributed by atoms with Crippen molar-refractivity contribution in [2.24, 2.45) is 0 Å². The molecule has 0 saturated carbocycles. The van der Waals surface area contributed by atoms with E-state index in [0.29, 0.717) is 10.1 Å². The van der Waals surface area contributed by atoms with Crippen LogP contribution in [0, 0.1) is 27.7 Å². The molecule has 0 spiro atoms. The Balaban J connectivity index is 1.79. The molecule has 2 unspecified atom stereocenters. The van der Waals surface area contributed by atoms with Crippen molar-refractivity contribution in [3.8, 4) is 0 Å². The van der Waals surface area contributed by atoms with Gasteiger partial charge in [0, 0.05) is 0 Å². The molecule has 0 heterocycles. The van der Waals surface area contributed by atoms with Crippen LogP contribution in [0.5, 0.6) is 0 Å². The number of rotatable bonds is 6. The molecule has 2 aromatic carbocycles. The quantitative estimate of drug-likeness (QED) is 0.314. The van der Waals surface area contributed by atoms with Gasteiger partial charge in [0.25, 0.3) is 0 Å². The maximum atomic E-state index is 2.64. The predicted octanol–water partition coefficient (Wildman–Crippen LogP) is 6.52. The molecule has 2 aromatic rings. The van der Waals surface area contributed by atoms with Crippen molar-refractivity contribution in [1.29, 1.82) is 0 Å². The molecule has 0 aliphatic heterocycles. The number of allylic oxidation sites excluding steroid dienone is 8. The summed E-state index contributed by atoms with van der Waals surface area (Å²) in [5.41, 5.74) is 15.9. The van der Waals surface area contributed by atoms with Crippen LogP contribution in [-0.2, 0) is 0 Å². The van der Waals surface area contributed by atoms with Gasteiger partial charge in [0.15, 0.2) is 0 Å². The minimum absolute atomic E-state index is 0.299. The molecule has 4 rings (SSSR count). The van der Waals surface area contributed by atoms with E-state index in [9.17, 15) is 0 Å². The molecule has 3 heteroatoms. The Morgan fingerprint density at radius 3 is 1.22 bits per heavy atom. The summed E-state index contributed by atoms with van der Waals surface area (Å²) in [5.74, 6) is 0. The summed E-state index contributed by atoms with van der Waals surface area (Å²) in [7, 11) is -1.02. The fourth-order valence-electron chi connectivity index (χ4n) is 7.20. The summed E-state index contributed by atoms with van der Waals surface area (Å²) < 4.78 is 3.88. The van der Waals surface area contributed by atoms with Crippen molar-refractivity contribution < 1.29 is 0 Å². The van der Waals surface area contributed by atoms with Crippen LogP contribution in [0.4, 0.5) is 0 Å². The fourth-order valence-corrected chi connectivity index (χ4v) is 25.1. The molecular weight excluding hydrogens is 602 g/mol. The Hall–Kier alpha value is -0.595. The first-order chi connectivity index (χ1) is 17.2. The number of benzene rings is 2. The van der Waals surface area contributed by atoms with Crippen LogP contribution in [0.3, 0.4) is 0 Å². The Morgan fingerprint density at radius 1 is 0.514 bits per heavy atom. The van der Waals surface area contributed by atoms with Gasteiger partial charge in [-0.25, -0.2) is 0 Å². The van der Waals surface area contributed by atoms with Crippen molar-refractivity contribution in [3.05, 3.63) is 92.2 Å². The number of hydrogen-bond donors (Lipinski definition) is 0. The summed E-state index contributed by atoms with van der Waals surface area (Å²) in [4.78, 5) is 0. The van der Waals surface area contributed by atoms with Crippen LogP contribution >= 0.6 is 0 Å². The molecule has 0 saturated heterocycles. The van der Waals surface area contributed by atoms with Gasteiger partial charge in [0.05, 0.1) is 0 Å². The summed E-state index contributed by atoms with van der Waals surface area (Å²) in [6.45, 7) is 29.3. The van der Waals surface area contributed by atoms with Gasteiger partial charge in [-0.15, -0.1) is 0 Å². The Kier molecular flexibility index (Phi) is 8.55. The first-order valence-electron chi connectivity index (χ1n) is 14.1. The monoisotopic (exact) mass is 648 g/mol. The van der Waals surface area contributed by atoms with Crippen molar-refractivity contribution in [3.63, 3.8) is 0 Å². The Morgan fingerprint density at radius 2 is 0.865 bits per heavy atom. The van der Waals surface area contributed by atoms with E-state index in [1.165, 1.54) is 11.1 Å². The maximum absolute atomic E-state index is 2.64. The number of hydrogen-bond acceptors (Lipinski definition) is 0. The fraction of sp³-hybridized carbons (Fsp3) is 0.412. The van der Waals surface area contributed by atoms with E-state index in [-0.39, 0.29) is 0 Å². The van der Waals surface area contributed by atoms with E-state index in [0.717, 1.165) is 0 Å². The second-order valence-corrected chi connectivity index (χ2v) is 23.2. The molecule has 0 amide bonds. The predicted molar refractivity (Wildman–Crippen MR) is 173 cm³/mol. The van der Waals surface area contributed by atoms with Crippen molar-refractivity contribution in [2.45, 2.75) is 93.2 Å². The average Bonchev–Trinajstić information content (AvgIpc) is 3.11. The standard InChI is InChI=1S/2C17H23Si.Ba/c2*1-11-8-7-9-16(14(11)4)18-17(6)10-12(2)13(3)15(17)5;/h2*7-9H,18H2,1-6H3;. The molecule has 2 aliphatic carbocycles. The van der Waals surface area contributed by atoms with Crippen molar-refractivity contribution in [2.75, 3.05) is 0 Å². The van der Waals surface area contributed by atoms with Gasteiger partial charge in [0.2, 0.25) is 0 Å². The zero-order chi connectivity index (χ0) is 27.4. The molecule has 0 nitrogen and oxygen atoms in total. The van der Waals surface area contributed by atoms with Gasteiger partial charge >= 0.3 is 259 Å². The molecule has 192 valence electrons. The summed E-state index contributed by atoms with van der Waals surface area (Å²) in [6.07, 6.45) is 0. The summed E-state index contributed by atoms with van der Waals surface area (Å²) >= 11 is -1.63. The Bertz CT molecular complexity index is 1310. The second-order valence-electron chi connectivity index (χ2n) is 12.6. The molecule has 2 atom stereocenters. The van der Waals surface area contributed by atoms with Gasteiger partial charge in [0.1, 0.15) is 0 Å². The third-order valence-electron chi connectivity index (χ3n) is 11.0. The molecule has 0 N–H and O–H groups in total. The van der Waals surface area contributed by atoms with E-state index < -0.39 is 63.2 Å². The summed E-state index contributed by atoms with van der Waals surface area (Å²) in [5, 5.41) is 3.94. The SMILES string of the molecule is CC1=C(C)C(C)([SiH2]c2cccc(C)c2C)[C]([Ba][C]2=C(C)C(C)=C(C)C2(C)[SiH2]c2cccc(C)c2C)=C1C. The van der Waals surface area contributed by atoms with E-state index in [4.69, 9.17) is 0 Å². The van der Waals surface area contributed by atoms with Gasteiger partial charge in [-0.1, -0.05) is 0 Å². The van der Waals surface area contributed by atoms with Crippen LogP contribution in [-0.4, -0.2) is 63.2 Å². The van der Waals surface area contributed by atoms with Crippen molar-refractivity contribution in [1.82, 2.24) is 0 Å². The molecule has 0 aromatic heterocycles. The zero-order valence-corrected chi connectivity index (χ0v) is 32.9. The van der Waals surface area contributed by atoms with Crippen LogP contribution in [0.15, 0.2) is 69.9 Å². The average molecular weight is 648 g/mol. The second kappa shape index (κ2) is 10.8. The molecule has 2 aliphatic rings. The van der Waals surface area contributed by atoms with E-state index in [1.807, 2.05) is 0.0821 Å². The zero-order valence-electron chi connectivity index (χ0n) is 25.6. The topological polar surface area (TPSA) is 0 Å². The molecule has 37 heavy (non-hydrogen) atoms. The normalized spacial score (nSPS) is 24.8. The van der Waals surface area contributed by atoms with E-state index >= 15 is 0 Å². The summed E-state index contributed by atoms with van der Waals surface area (Å²) in [6, 6.07) is 14.0. The van der Waals surface area contributed by atoms with Crippen LogP contribution in [0.2, 0.25) is 10.1 Å². The van der Waals surface area contributed by atoms with Gasteiger partial charge < -0.3 is 0 Å². The van der Waals surface area contributed by atoms with Crippen LogP contribution in [0.1, 0.15) is 77.6 Å². The van der Waals surface area contributed by atoms with Crippen LogP contribution < -0.4 is 10.4 Å².